The van der Waals surface area contributed by atoms with Crippen LogP contribution in [0.25, 0.3) is 0 Å². The van der Waals surface area contributed by atoms with Gasteiger partial charge in [-0.15, -0.1) is 0 Å². The van der Waals surface area contributed by atoms with Crippen molar-refractivity contribution in [1.82, 2.24) is 5.32 Å². The summed E-state index contributed by atoms with van der Waals surface area (Å²) in [5, 5.41) is 5.34. The zero-order valence-electron chi connectivity index (χ0n) is 15.6. The van der Waals surface area contributed by atoms with Crippen LogP contribution < -0.4 is 21.1 Å². The second-order valence-corrected chi connectivity index (χ2v) is 6.87. The van der Waals surface area contributed by atoms with Crippen molar-refractivity contribution in [2.24, 2.45) is 11.7 Å². The third-order valence-corrected chi connectivity index (χ3v) is 4.71. The van der Waals surface area contributed by atoms with Crippen LogP contribution in [0.2, 0.25) is 0 Å². The average molecular weight is 381 g/mol. The summed E-state index contributed by atoms with van der Waals surface area (Å²) in [5.41, 5.74) is 6.86. The second kappa shape index (κ2) is 8.56. The van der Waals surface area contributed by atoms with Crippen LogP contribution in [0.1, 0.15) is 28.8 Å². The van der Waals surface area contributed by atoms with E-state index in [-0.39, 0.29) is 11.6 Å². The molecule has 0 aliphatic heterocycles. The van der Waals surface area contributed by atoms with Gasteiger partial charge in [-0.25, -0.2) is 0 Å². The zero-order chi connectivity index (χ0) is 20.1. The van der Waals surface area contributed by atoms with Crippen molar-refractivity contribution >= 4 is 23.4 Å². The smallest absolute Gasteiger partial charge is 0.313 e. The number of methoxy groups -OCH3 is 1. The number of amides is 3. The molecule has 1 saturated carbocycles. The first kappa shape index (κ1) is 19.4. The number of benzene rings is 2. The van der Waals surface area contributed by atoms with E-state index in [2.05, 4.69) is 10.6 Å². The summed E-state index contributed by atoms with van der Waals surface area (Å²) in [5.74, 6) is -0.971. The lowest BCUT2D eigenvalue weighted by Crippen LogP contribution is -2.44. The molecule has 0 spiro atoms. The number of rotatable bonds is 7. The van der Waals surface area contributed by atoms with Crippen molar-refractivity contribution in [2.45, 2.75) is 25.3 Å². The molecule has 0 bridgehead atoms. The van der Waals surface area contributed by atoms with Crippen LogP contribution in [0.15, 0.2) is 48.5 Å². The third-order valence-electron chi connectivity index (χ3n) is 4.71. The van der Waals surface area contributed by atoms with E-state index < -0.39 is 17.7 Å². The predicted molar refractivity (Wildman–Crippen MR) is 105 cm³/mol. The minimum absolute atomic E-state index is 0.123. The van der Waals surface area contributed by atoms with Crippen LogP contribution >= 0.6 is 0 Å². The molecule has 1 atom stereocenters. The van der Waals surface area contributed by atoms with Gasteiger partial charge < -0.3 is 21.1 Å². The van der Waals surface area contributed by atoms with E-state index >= 15 is 0 Å². The van der Waals surface area contributed by atoms with E-state index in [0.29, 0.717) is 18.0 Å². The quantitative estimate of drug-likeness (QED) is 0.636. The summed E-state index contributed by atoms with van der Waals surface area (Å²) in [7, 11) is 1.61. The molecule has 146 valence electrons. The van der Waals surface area contributed by atoms with Gasteiger partial charge in [-0.1, -0.05) is 18.2 Å². The minimum Gasteiger partial charge on any atom is -0.497 e. The summed E-state index contributed by atoms with van der Waals surface area (Å²) in [6.45, 7) is 0. The zero-order valence-corrected chi connectivity index (χ0v) is 15.6. The lowest BCUT2D eigenvalue weighted by atomic mass is 10.0. The fourth-order valence-electron chi connectivity index (χ4n) is 3.06. The largest absolute Gasteiger partial charge is 0.497 e. The van der Waals surface area contributed by atoms with E-state index in [4.69, 9.17) is 10.5 Å². The Bertz CT molecular complexity index is 893. The number of anilines is 1. The summed E-state index contributed by atoms with van der Waals surface area (Å²) in [6, 6.07) is 13.7. The molecule has 7 heteroatoms. The van der Waals surface area contributed by atoms with E-state index in [9.17, 15) is 14.4 Å². The number of carbonyl (C=O) groups excluding carboxylic acids is 3. The van der Waals surface area contributed by atoms with Crippen LogP contribution in [0.3, 0.4) is 0 Å². The number of nitrogens with one attached hydrogen (secondary N) is 2. The molecule has 0 unspecified atom stereocenters. The molecule has 0 radical (unpaired) electrons. The number of primary amides is 1. The first-order chi connectivity index (χ1) is 13.5. The molecule has 7 nitrogen and oxygen atoms in total. The van der Waals surface area contributed by atoms with Crippen LogP contribution in [0.4, 0.5) is 5.69 Å². The molecule has 1 aliphatic carbocycles. The standard InChI is InChI=1S/C21H23N3O4/c1-28-17-7-2-4-13(10-17)11-18(14-8-9-14)24-21(27)20(26)23-16-6-3-5-15(12-16)19(22)25/h2-7,10,12,14,18H,8-9,11H2,1H3,(H2,22,25)(H,23,26)(H,24,27)/t18-/m0/s1. The molecule has 1 aliphatic rings. The molecular formula is C21H23N3O4. The summed E-state index contributed by atoms with van der Waals surface area (Å²) < 4.78 is 5.24. The molecule has 3 amide bonds. The molecular weight excluding hydrogens is 358 g/mol. The maximum Gasteiger partial charge on any atom is 0.313 e. The third kappa shape index (κ3) is 5.09. The average Bonchev–Trinajstić information content (AvgIpc) is 3.53. The van der Waals surface area contributed by atoms with Crippen molar-refractivity contribution < 1.29 is 19.1 Å². The van der Waals surface area contributed by atoms with Crippen LogP contribution in [0, 0.1) is 5.92 Å². The molecule has 0 saturated heterocycles. The van der Waals surface area contributed by atoms with Crippen molar-refractivity contribution in [3.05, 3.63) is 59.7 Å². The summed E-state index contributed by atoms with van der Waals surface area (Å²) in [6.07, 6.45) is 2.67. The molecule has 0 heterocycles. The Morgan fingerprint density at radius 2 is 1.86 bits per heavy atom. The van der Waals surface area contributed by atoms with Gasteiger partial charge in [0.2, 0.25) is 5.91 Å². The van der Waals surface area contributed by atoms with Gasteiger partial charge in [-0.2, -0.15) is 0 Å². The van der Waals surface area contributed by atoms with Crippen molar-refractivity contribution in [3.63, 3.8) is 0 Å². The highest BCUT2D eigenvalue weighted by atomic mass is 16.5. The van der Waals surface area contributed by atoms with Gasteiger partial charge in [-0.05, 0) is 61.1 Å². The topological polar surface area (TPSA) is 111 Å². The Labute approximate surface area is 163 Å². The van der Waals surface area contributed by atoms with Crippen molar-refractivity contribution in [1.29, 1.82) is 0 Å². The van der Waals surface area contributed by atoms with Crippen LogP contribution in [0.5, 0.6) is 5.75 Å². The number of nitrogens with two attached hydrogens (primary N) is 1. The van der Waals surface area contributed by atoms with Crippen molar-refractivity contribution in [3.8, 4) is 5.75 Å². The van der Waals surface area contributed by atoms with Crippen LogP contribution in [-0.4, -0.2) is 30.9 Å². The molecule has 4 N–H and O–H groups in total. The molecule has 28 heavy (non-hydrogen) atoms. The van der Waals surface area contributed by atoms with Crippen molar-refractivity contribution in [2.75, 3.05) is 12.4 Å². The van der Waals surface area contributed by atoms with Gasteiger partial charge in [0, 0.05) is 17.3 Å². The number of carbonyl (C=O) groups is 3. The van der Waals surface area contributed by atoms with Gasteiger partial charge in [-0.3, -0.25) is 14.4 Å². The monoisotopic (exact) mass is 381 g/mol. The highest BCUT2D eigenvalue weighted by Gasteiger charge is 2.33. The van der Waals surface area contributed by atoms with Gasteiger partial charge in [0.25, 0.3) is 0 Å². The highest BCUT2D eigenvalue weighted by Crippen LogP contribution is 2.34. The molecule has 3 rings (SSSR count). The normalized spacial score (nSPS) is 14.0. The molecule has 1 fully saturated rings. The number of hydrogen-bond acceptors (Lipinski definition) is 4. The Kier molecular flexibility index (Phi) is 5.93. The van der Waals surface area contributed by atoms with Gasteiger partial charge in [0.15, 0.2) is 0 Å². The van der Waals surface area contributed by atoms with E-state index in [0.717, 1.165) is 24.2 Å². The van der Waals surface area contributed by atoms with E-state index in [1.54, 1.807) is 19.2 Å². The van der Waals surface area contributed by atoms with Gasteiger partial charge in [0.05, 0.1) is 7.11 Å². The highest BCUT2D eigenvalue weighted by molar-refractivity contribution is 6.39. The second-order valence-electron chi connectivity index (χ2n) is 6.87. The van der Waals surface area contributed by atoms with E-state index in [1.165, 1.54) is 12.1 Å². The predicted octanol–water partition coefficient (Wildman–Crippen LogP) is 1.87. The first-order valence-corrected chi connectivity index (χ1v) is 9.11. The Hall–Kier alpha value is -3.35. The first-order valence-electron chi connectivity index (χ1n) is 9.11. The van der Waals surface area contributed by atoms with Gasteiger partial charge >= 0.3 is 11.8 Å². The number of hydrogen-bond donors (Lipinski definition) is 3. The Morgan fingerprint density at radius 3 is 2.54 bits per heavy atom. The lowest BCUT2D eigenvalue weighted by Gasteiger charge is -2.18. The summed E-state index contributed by atoms with van der Waals surface area (Å²) >= 11 is 0. The SMILES string of the molecule is COc1cccc(C[C@H](NC(=O)C(=O)Nc2cccc(C(N)=O)c2)C2CC2)c1. The molecule has 2 aromatic rings. The molecule has 0 aromatic heterocycles. The molecule has 2 aromatic carbocycles. The Balaban J connectivity index is 1.63. The Morgan fingerprint density at radius 1 is 1.11 bits per heavy atom. The van der Waals surface area contributed by atoms with Gasteiger partial charge in [0.1, 0.15) is 5.75 Å². The maximum atomic E-state index is 12.4. The van der Waals surface area contributed by atoms with E-state index in [1.807, 2.05) is 24.3 Å². The number of ether oxygens (including phenoxy) is 1. The fourth-order valence-corrected chi connectivity index (χ4v) is 3.06. The van der Waals surface area contributed by atoms with Crippen LogP contribution in [-0.2, 0) is 16.0 Å². The summed E-state index contributed by atoms with van der Waals surface area (Å²) in [4.78, 5) is 35.9. The lowest BCUT2D eigenvalue weighted by molar-refractivity contribution is -0.136. The maximum absolute atomic E-state index is 12.4. The fraction of sp³-hybridized carbons (Fsp3) is 0.286. The minimum atomic E-state index is -0.780.